The quantitative estimate of drug-likeness (QED) is 0.0380. The second-order valence-corrected chi connectivity index (χ2v) is 15.5. The molecule has 0 aliphatic rings. The molecule has 0 saturated carbocycles. The molecule has 0 rings (SSSR count). The van der Waals surface area contributed by atoms with Gasteiger partial charge >= 0.3 is 11.9 Å². The van der Waals surface area contributed by atoms with Crippen LogP contribution in [0.4, 0.5) is 0 Å². The van der Waals surface area contributed by atoms with Gasteiger partial charge < -0.3 is 14.6 Å². The molecule has 0 amide bonds. The fraction of sp³-hybridized carbons (Fsp3) is 0.760. The van der Waals surface area contributed by atoms with Gasteiger partial charge in [0.05, 0.1) is 6.61 Å². The van der Waals surface area contributed by atoms with E-state index in [0.717, 1.165) is 70.6 Å². The van der Waals surface area contributed by atoms with Crippen LogP contribution in [0.15, 0.2) is 60.8 Å². The number of esters is 2. The first-order valence-corrected chi connectivity index (χ1v) is 23.3. The average molecular weight is 769 g/mol. The molecular formula is C50H88O5. The molecule has 0 aliphatic carbocycles. The lowest BCUT2D eigenvalue weighted by atomic mass is 10.0. The summed E-state index contributed by atoms with van der Waals surface area (Å²) in [6.45, 7) is 4.03. The van der Waals surface area contributed by atoms with Gasteiger partial charge in [-0.05, 0) is 57.8 Å². The molecule has 5 heteroatoms. The zero-order chi connectivity index (χ0) is 40.0. The highest BCUT2D eigenvalue weighted by atomic mass is 16.6. The van der Waals surface area contributed by atoms with E-state index in [9.17, 15) is 14.7 Å². The molecule has 0 spiro atoms. The lowest BCUT2D eigenvalue weighted by molar-refractivity contribution is -0.161. The Morgan fingerprint density at radius 1 is 0.436 bits per heavy atom. The van der Waals surface area contributed by atoms with Crippen molar-refractivity contribution in [1.82, 2.24) is 0 Å². The van der Waals surface area contributed by atoms with E-state index in [1.807, 2.05) is 0 Å². The molecule has 0 bridgehead atoms. The van der Waals surface area contributed by atoms with Crippen molar-refractivity contribution in [2.45, 2.75) is 232 Å². The summed E-state index contributed by atoms with van der Waals surface area (Å²) in [5.74, 6) is -0.589. The number of hydrogen-bond acceptors (Lipinski definition) is 5. The normalized spacial score (nSPS) is 12.7. The fourth-order valence-corrected chi connectivity index (χ4v) is 6.58. The summed E-state index contributed by atoms with van der Waals surface area (Å²) in [5, 5.41) is 9.59. The molecule has 1 atom stereocenters. The maximum atomic E-state index is 12.2. The number of aliphatic hydroxyl groups is 1. The molecule has 1 unspecified atom stereocenters. The van der Waals surface area contributed by atoms with Crippen LogP contribution in [0.3, 0.4) is 0 Å². The zero-order valence-corrected chi connectivity index (χ0v) is 36.2. The van der Waals surface area contributed by atoms with E-state index in [1.165, 1.54) is 128 Å². The van der Waals surface area contributed by atoms with Crippen molar-refractivity contribution in [3.63, 3.8) is 0 Å². The van der Waals surface area contributed by atoms with Crippen molar-refractivity contribution in [1.29, 1.82) is 0 Å². The molecule has 0 aromatic heterocycles. The van der Waals surface area contributed by atoms with Gasteiger partial charge in [0, 0.05) is 12.8 Å². The molecule has 55 heavy (non-hydrogen) atoms. The lowest BCUT2D eigenvalue weighted by Gasteiger charge is -2.15. The Hall–Kier alpha value is -2.40. The van der Waals surface area contributed by atoms with Gasteiger partial charge in [-0.1, -0.05) is 216 Å². The molecule has 0 radical (unpaired) electrons. The van der Waals surface area contributed by atoms with Gasteiger partial charge in [0.2, 0.25) is 0 Å². The number of carbonyl (C=O) groups is 2. The van der Waals surface area contributed by atoms with Gasteiger partial charge in [-0.3, -0.25) is 9.59 Å². The molecule has 0 aromatic carbocycles. The van der Waals surface area contributed by atoms with Crippen molar-refractivity contribution in [3.05, 3.63) is 60.8 Å². The first-order valence-electron chi connectivity index (χ1n) is 23.3. The lowest BCUT2D eigenvalue weighted by Crippen LogP contribution is -2.28. The number of allylic oxidation sites excluding steroid dienone is 10. The van der Waals surface area contributed by atoms with E-state index in [0.29, 0.717) is 12.8 Å². The molecule has 0 aromatic rings. The topological polar surface area (TPSA) is 72.8 Å². The van der Waals surface area contributed by atoms with Crippen LogP contribution in [-0.2, 0) is 19.1 Å². The van der Waals surface area contributed by atoms with Crippen LogP contribution in [-0.4, -0.2) is 36.4 Å². The molecular weight excluding hydrogens is 681 g/mol. The largest absolute Gasteiger partial charge is 0.462 e. The molecule has 0 fully saturated rings. The average Bonchev–Trinajstić information content (AvgIpc) is 3.19. The van der Waals surface area contributed by atoms with Crippen LogP contribution < -0.4 is 0 Å². The van der Waals surface area contributed by atoms with Crippen molar-refractivity contribution in [3.8, 4) is 0 Å². The third-order valence-corrected chi connectivity index (χ3v) is 10.1. The second-order valence-electron chi connectivity index (χ2n) is 15.5. The predicted molar refractivity (Wildman–Crippen MR) is 237 cm³/mol. The highest BCUT2D eigenvalue weighted by molar-refractivity contribution is 5.70. The summed E-state index contributed by atoms with van der Waals surface area (Å²) in [4.78, 5) is 24.4. The van der Waals surface area contributed by atoms with Gasteiger partial charge in [0.25, 0.3) is 0 Å². The molecule has 0 heterocycles. The van der Waals surface area contributed by atoms with E-state index in [-0.39, 0.29) is 25.2 Å². The Balaban J connectivity index is 3.52. The summed E-state index contributed by atoms with van der Waals surface area (Å²) >= 11 is 0. The number of unbranched alkanes of at least 4 members (excludes halogenated alkanes) is 24. The van der Waals surface area contributed by atoms with Crippen molar-refractivity contribution in [2.24, 2.45) is 0 Å². The zero-order valence-electron chi connectivity index (χ0n) is 36.2. The van der Waals surface area contributed by atoms with Crippen molar-refractivity contribution >= 4 is 11.9 Å². The number of rotatable bonds is 42. The Morgan fingerprint density at radius 2 is 0.782 bits per heavy atom. The molecule has 0 saturated heterocycles. The summed E-state index contributed by atoms with van der Waals surface area (Å²) in [5.41, 5.74) is 0. The molecule has 5 nitrogen and oxygen atoms in total. The summed E-state index contributed by atoms with van der Waals surface area (Å²) in [6, 6.07) is 0. The van der Waals surface area contributed by atoms with Gasteiger partial charge in [0.1, 0.15) is 6.61 Å². The van der Waals surface area contributed by atoms with E-state index >= 15 is 0 Å². The first kappa shape index (κ1) is 52.6. The summed E-state index contributed by atoms with van der Waals surface area (Å²) < 4.78 is 10.6. The highest BCUT2D eigenvalue weighted by Gasteiger charge is 2.16. The smallest absolute Gasteiger partial charge is 0.306 e. The maximum Gasteiger partial charge on any atom is 0.306 e. The van der Waals surface area contributed by atoms with Crippen LogP contribution in [0.2, 0.25) is 0 Å². The Morgan fingerprint density at radius 3 is 1.18 bits per heavy atom. The van der Waals surface area contributed by atoms with Crippen LogP contribution >= 0.6 is 0 Å². The number of carbonyl (C=O) groups excluding carboxylic acids is 2. The number of aliphatic hydroxyl groups excluding tert-OH is 1. The van der Waals surface area contributed by atoms with Crippen LogP contribution in [0.1, 0.15) is 226 Å². The van der Waals surface area contributed by atoms with E-state index in [4.69, 9.17) is 9.47 Å². The van der Waals surface area contributed by atoms with Gasteiger partial charge in [-0.25, -0.2) is 0 Å². The van der Waals surface area contributed by atoms with E-state index in [1.54, 1.807) is 0 Å². The minimum Gasteiger partial charge on any atom is -0.462 e. The van der Waals surface area contributed by atoms with E-state index < -0.39 is 6.10 Å². The van der Waals surface area contributed by atoms with Crippen molar-refractivity contribution in [2.75, 3.05) is 13.2 Å². The SMILES string of the molecule is CC/C=C\C/C=C\C/C=C\C/C=C\C/C=C\CCCCCCCCCCCCCC(=O)OC(CO)COC(=O)CCCCCCCCCCCCCCCC. The molecule has 1 N–H and O–H groups in total. The monoisotopic (exact) mass is 769 g/mol. The second kappa shape index (κ2) is 46.0. The van der Waals surface area contributed by atoms with Crippen LogP contribution in [0.25, 0.3) is 0 Å². The predicted octanol–water partition coefficient (Wildman–Crippen LogP) is 15.1. The van der Waals surface area contributed by atoms with E-state index in [2.05, 4.69) is 74.6 Å². The van der Waals surface area contributed by atoms with Crippen LogP contribution in [0.5, 0.6) is 0 Å². The van der Waals surface area contributed by atoms with Crippen molar-refractivity contribution < 1.29 is 24.2 Å². The number of ether oxygens (including phenoxy) is 2. The minimum absolute atomic E-state index is 0.0655. The summed E-state index contributed by atoms with van der Waals surface area (Å²) in [7, 11) is 0. The number of hydrogen-bond donors (Lipinski definition) is 1. The molecule has 0 aliphatic heterocycles. The van der Waals surface area contributed by atoms with Gasteiger partial charge in [0.15, 0.2) is 6.10 Å². The first-order chi connectivity index (χ1) is 27.1. The summed E-state index contributed by atoms with van der Waals surface area (Å²) in [6.07, 6.45) is 60.1. The third-order valence-electron chi connectivity index (χ3n) is 10.1. The Kier molecular flexibility index (Phi) is 44.0. The standard InChI is InChI=1S/C50H88O5/c1-3-5-7-9-11-13-15-17-19-20-21-22-23-24-25-26-27-28-29-30-31-33-35-37-39-41-43-45-50(53)55-48(46-51)47-54-49(52)44-42-40-38-36-34-32-18-16-14-12-10-8-6-4-2/h5,7,11,13,17,19,21-22,24-25,48,51H,3-4,6,8-10,12,14-16,18,20,23,26-47H2,1-2H3/b7-5-,13-11-,19-17-,22-21-,25-24-. The van der Waals surface area contributed by atoms with Gasteiger partial charge in [-0.15, -0.1) is 0 Å². The van der Waals surface area contributed by atoms with Gasteiger partial charge in [-0.2, -0.15) is 0 Å². The van der Waals surface area contributed by atoms with Crippen LogP contribution in [0, 0.1) is 0 Å². The molecule has 318 valence electrons. The fourth-order valence-electron chi connectivity index (χ4n) is 6.58. The third kappa shape index (κ3) is 44.2. The highest BCUT2D eigenvalue weighted by Crippen LogP contribution is 2.15. The Labute approximate surface area is 341 Å². The minimum atomic E-state index is -0.772. The Bertz CT molecular complexity index is 961. The maximum absolute atomic E-state index is 12.2.